The van der Waals surface area contributed by atoms with E-state index < -0.39 is 11.6 Å². The summed E-state index contributed by atoms with van der Waals surface area (Å²) >= 11 is 0. The maximum atomic E-state index is 13.4. The summed E-state index contributed by atoms with van der Waals surface area (Å²) in [4.78, 5) is 12.1. The van der Waals surface area contributed by atoms with Crippen molar-refractivity contribution in [1.82, 2.24) is 5.32 Å². The number of aliphatic hydroxyl groups excluding tert-OH is 1. The summed E-state index contributed by atoms with van der Waals surface area (Å²) in [6.45, 7) is 0.315. The van der Waals surface area contributed by atoms with Gasteiger partial charge in [0.2, 0.25) is 5.91 Å². The van der Waals surface area contributed by atoms with E-state index >= 15 is 0 Å². The molecule has 2 fully saturated rings. The Bertz CT molecular complexity index is 596. The molecule has 4 atom stereocenters. The first-order valence-corrected chi connectivity index (χ1v) is 8.56. The summed E-state index contributed by atoms with van der Waals surface area (Å²) in [7, 11) is 0. The van der Waals surface area contributed by atoms with Gasteiger partial charge in [-0.1, -0.05) is 0 Å². The Labute approximate surface area is 140 Å². The molecule has 0 spiro atoms. The molecule has 2 saturated carbocycles. The Morgan fingerprint density at radius 3 is 2.83 bits per heavy atom. The second-order valence-electron chi connectivity index (χ2n) is 6.80. The molecule has 4 nitrogen and oxygen atoms in total. The van der Waals surface area contributed by atoms with Crippen molar-refractivity contribution >= 4 is 5.91 Å². The molecule has 6 heteroatoms. The standard InChI is InChI=1S/C18H23F2NO3/c19-13-5-6-16(15(20)9-13)24-7-1-2-17(23)21-18-12-4-3-11(8-12)14(18)10-22/h5-6,9,11-12,14,18,22H,1-4,7-8,10H2,(H,21,23). The topological polar surface area (TPSA) is 58.6 Å². The van der Waals surface area contributed by atoms with Crippen LogP contribution in [0.25, 0.3) is 0 Å². The van der Waals surface area contributed by atoms with Crippen LogP contribution in [0.2, 0.25) is 0 Å². The lowest BCUT2D eigenvalue weighted by atomic mass is 9.85. The van der Waals surface area contributed by atoms with Crippen molar-refractivity contribution in [3.63, 3.8) is 0 Å². The lowest BCUT2D eigenvalue weighted by Crippen LogP contribution is -2.45. The van der Waals surface area contributed by atoms with Crippen molar-refractivity contribution in [2.75, 3.05) is 13.2 Å². The molecular formula is C18H23F2NO3. The zero-order valence-corrected chi connectivity index (χ0v) is 13.5. The fourth-order valence-electron chi connectivity index (χ4n) is 4.16. The van der Waals surface area contributed by atoms with Crippen LogP contribution in [0.4, 0.5) is 8.78 Å². The van der Waals surface area contributed by atoms with Crippen LogP contribution in [-0.4, -0.2) is 30.3 Å². The van der Waals surface area contributed by atoms with Gasteiger partial charge < -0.3 is 15.2 Å². The van der Waals surface area contributed by atoms with Gasteiger partial charge in [0.25, 0.3) is 0 Å². The summed E-state index contributed by atoms with van der Waals surface area (Å²) in [5.41, 5.74) is 0. The van der Waals surface area contributed by atoms with Crippen LogP contribution in [0.15, 0.2) is 18.2 Å². The number of halogens is 2. The quantitative estimate of drug-likeness (QED) is 0.751. The van der Waals surface area contributed by atoms with E-state index in [1.165, 1.54) is 6.07 Å². The van der Waals surface area contributed by atoms with Crippen LogP contribution >= 0.6 is 0 Å². The van der Waals surface area contributed by atoms with Gasteiger partial charge in [0.05, 0.1) is 6.61 Å². The van der Waals surface area contributed by atoms with Gasteiger partial charge in [-0.15, -0.1) is 0 Å². The van der Waals surface area contributed by atoms with Gasteiger partial charge in [-0.05, 0) is 49.7 Å². The number of aliphatic hydroxyl groups is 1. The Balaban J connectivity index is 1.40. The zero-order valence-electron chi connectivity index (χ0n) is 13.5. The lowest BCUT2D eigenvalue weighted by Gasteiger charge is -2.30. The van der Waals surface area contributed by atoms with Crippen LogP contribution in [0.1, 0.15) is 32.1 Å². The highest BCUT2D eigenvalue weighted by atomic mass is 19.1. The molecule has 132 valence electrons. The third kappa shape index (κ3) is 3.69. The molecule has 24 heavy (non-hydrogen) atoms. The second-order valence-corrected chi connectivity index (χ2v) is 6.80. The number of carbonyl (C=O) groups is 1. The van der Waals surface area contributed by atoms with Crippen molar-refractivity contribution in [1.29, 1.82) is 0 Å². The Kier molecular flexibility index (Phi) is 5.33. The highest BCUT2D eigenvalue weighted by Crippen LogP contribution is 2.48. The van der Waals surface area contributed by atoms with Crippen molar-refractivity contribution in [3.05, 3.63) is 29.8 Å². The summed E-state index contributed by atoms with van der Waals surface area (Å²) in [6.07, 6.45) is 4.11. The van der Waals surface area contributed by atoms with Crippen LogP contribution in [0.5, 0.6) is 5.75 Å². The molecule has 0 saturated heterocycles. The highest BCUT2D eigenvalue weighted by Gasteiger charge is 2.47. The summed E-state index contributed by atoms with van der Waals surface area (Å²) in [6, 6.07) is 3.23. The minimum atomic E-state index is -0.743. The molecule has 0 radical (unpaired) electrons. The van der Waals surface area contributed by atoms with E-state index in [1.807, 2.05) is 0 Å². The van der Waals surface area contributed by atoms with Gasteiger partial charge in [-0.3, -0.25) is 4.79 Å². The van der Waals surface area contributed by atoms with E-state index in [9.17, 15) is 18.7 Å². The monoisotopic (exact) mass is 339 g/mol. The van der Waals surface area contributed by atoms with E-state index in [0.29, 0.717) is 18.3 Å². The summed E-state index contributed by atoms with van der Waals surface area (Å²) in [5, 5.41) is 12.6. The minimum absolute atomic E-state index is 0.00902. The van der Waals surface area contributed by atoms with Crippen LogP contribution in [0.3, 0.4) is 0 Å². The number of hydrogen-bond acceptors (Lipinski definition) is 3. The number of rotatable bonds is 7. The van der Waals surface area contributed by atoms with Crippen LogP contribution in [0, 0.1) is 29.4 Å². The highest BCUT2D eigenvalue weighted by molar-refractivity contribution is 5.76. The molecule has 0 aliphatic heterocycles. The molecule has 2 aliphatic carbocycles. The fourth-order valence-corrected chi connectivity index (χ4v) is 4.16. The van der Waals surface area contributed by atoms with E-state index in [-0.39, 0.29) is 43.3 Å². The second kappa shape index (κ2) is 7.47. The molecule has 0 heterocycles. The predicted octanol–water partition coefficient (Wildman–Crippen LogP) is 2.65. The Morgan fingerprint density at radius 2 is 2.08 bits per heavy atom. The maximum absolute atomic E-state index is 13.4. The number of amides is 1. The van der Waals surface area contributed by atoms with E-state index in [0.717, 1.165) is 31.4 Å². The van der Waals surface area contributed by atoms with E-state index in [1.54, 1.807) is 0 Å². The van der Waals surface area contributed by atoms with Gasteiger partial charge in [-0.25, -0.2) is 8.78 Å². The normalized spacial score (nSPS) is 28.1. The zero-order chi connectivity index (χ0) is 17.1. The first-order valence-electron chi connectivity index (χ1n) is 8.56. The summed E-state index contributed by atoms with van der Waals surface area (Å²) in [5.74, 6) is -0.261. The number of ether oxygens (including phenoxy) is 1. The maximum Gasteiger partial charge on any atom is 0.220 e. The van der Waals surface area contributed by atoms with Crippen molar-refractivity contribution in [2.45, 2.75) is 38.1 Å². The molecular weight excluding hydrogens is 316 g/mol. The number of fused-ring (bicyclic) bond motifs is 2. The van der Waals surface area contributed by atoms with E-state index in [4.69, 9.17) is 4.74 Å². The third-order valence-corrected chi connectivity index (χ3v) is 5.33. The van der Waals surface area contributed by atoms with Crippen molar-refractivity contribution in [3.8, 4) is 5.75 Å². The SMILES string of the molecule is O=C(CCCOc1ccc(F)cc1F)NC1C2CCC(C2)C1CO. The van der Waals surface area contributed by atoms with Gasteiger partial charge in [0, 0.05) is 31.1 Å². The Morgan fingerprint density at radius 1 is 1.29 bits per heavy atom. The van der Waals surface area contributed by atoms with Crippen LogP contribution < -0.4 is 10.1 Å². The van der Waals surface area contributed by atoms with Gasteiger partial charge >= 0.3 is 0 Å². The van der Waals surface area contributed by atoms with Gasteiger partial charge in [0.1, 0.15) is 5.82 Å². The van der Waals surface area contributed by atoms with E-state index in [2.05, 4.69) is 5.32 Å². The lowest BCUT2D eigenvalue weighted by molar-refractivity contribution is -0.122. The molecule has 3 rings (SSSR count). The fraction of sp³-hybridized carbons (Fsp3) is 0.611. The first kappa shape index (κ1) is 17.1. The average Bonchev–Trinajstić information content (AvgIpc) is 3.14. The van der Waals surface area contributed by atoms with Crippen molar-refractivity contribution < 1.29 is 23.4 Å². The predicted molar refractivity (Wildman–Crippen MR) is 84.4 cm³/mol. The molecule has 2 aliphatic rings. The summed E-state index contributed by atoms with van der Waals surface area (Å²) < 4.78 is 31.4. The minimum Gasteiger partial charge on any atom is -0.491 e. The molecule has 0 aromatic heterocycles. The number of nitrogens with one attached hydrogen (secondary N) is 1. The van der Waals surface area contributed by atoms with Crippen molar-refractivity contribution in [2.24, 2.45) is 17.8 Å². The molecule has 1 amide bonds. The smallest absolute Gasteiger partial charge is 0.220 e. The number of benzene rings is 1. The molecule has 1 aromatic carbocycles. The number of hydrogen-bond donors (Lipinski definition) is 2. The third-order valence-electron chi connectivity index (χ3n) is 5.33. The molecule has 1 aromatic rings. The average molecular weight is 339 g/mol. The van der Waals surface area contributed by atoms with Gasteiger partial charge in [-0.2, -0.15) is 0 Å². The first-order chi connectivity index (χ1) is 11.6. The molecule has 2 N–H and O–H groups in total. The largest absolute Gasteiger partial charge is 0.491 e. The molecule has 4 unspecified atom stereocenters. The number of carbonyl (C=O) groups excluding carboxylic acids is 1. The molecule has 2 bridgehead atoms. The van der Waals surface area contributed by atoms with Gasteiger partial charge in [0.15, 0.2) is 11.6 Å². The Hall–Kier alpha value is -1.69. The van der Waals surface area contributed by atoms with Crippen LogP contribution in [-0.2, 0) is 4.79 Å².